The van der Waals surface area contributed by atoms with E-state index in [1.54, 1.807) is 18.2 Å². The summed E-state index contributed by atoms with van der Waals surface area (Å²) in [4.78, 5) is 12.2. The Morgan fingerprint density at radius 2 is 1.95 bits per heavy atom. The van der Waals surface area contributed by atoms with Crippen LogP contribution in [-0.2, 0) is 0 Å². The molecule has 0 heterocycles. The molecule has 4 heteroatoms. The monoisotopic (exact) mass is 299 g/mol. The highest BCUT2D eigenvalue weighted by Gasteiger charge is 2.22. The molecule has 1 aromatic rings. The van der Waals surface area contributed by atoms with Gasteiger partial charge < -0.3 is 5.32 Å². The average molecular weight is 300 g/mol. The fraction of sp³-hybridized carbons (Fsp3) is 0.533. The van der Waals surface area contributed by atoms with Gasteiger partial charge in [-0.1, -0.05) is 36.5 Å². The zero-order valence-corrected chi connectivity index (χ0v) is 12.6. The van der Waals surface area contributed by atoms with E-state index in [9.17, 15) is 4.79 Å². The Labute approximate surface area is 124 Å². The van der Waals surface area contributed by atoms with Crippen LogP contribution in [0, 0.1) is 5.92 Å². The average Bonchev–Trinajstić information content (AvgIpc) is 2.39. The molecule has 1 saturated carbocycles. The lowest BCUT2D eigenvalue weighted by molar-refractivity contribution is 0.0922. The maximum Gasteiger partial charge on any atom is 0.253 e. The van der Waals surface area contributed by atoms with Crippen LogP contribution in [0.25, 0.3) is 0 Å². The number of hydrogen-bond acceptors (Lipinski definition) is 1. The molecule has 0 radical (unpaired) electrons. The molecule has 0 atom stereocenters. The van der Waals surface area contributed by atoms with Gasteiger partial charge in [0.2, 0.25) is 0 Å². The second-order valence-corrected chi connectivity index (χ2v) is 6.07. The standard InChI is InChI=1S/C15H19Cl2NO/c1-2-10-3-6-12(7-4-10)18-15(19)13-8-5-11(16)9-14(13)17/h5,8-10,12H,2-4,6-7H2,1H3,(H,18,19). The van der Waals surface area contributed by atoms with Crippen molar-refractivity contribution < 1.29 is 4.79 Å². The van der Waals surface area contributed by atoms with Gasteiger partial charge in [0.25, 0.3) is 5.91 Å². The highest BCUT2D eigenvalue weighted by atomic mass is 35.5. The van der Waals surface area contributed by atoms with Crippen LogP contribution in [0.15, 0.2) is 18.2 Å². The van der Waals surface area contributed by atoms with E-state index in [1.165, 1.54) is 19.3 Å². The number of rotatable bonds is 3. The molecular formula is C15H19Cl2NO. The first kappa shape index (κ1) is 14.7. The van der Waals surface area contributed by atoms with Gasteiger partial charge in [-0.15, -0.1) is 0 Å². The van der Waals surface area contributed by atoms with E-state index in [-0.39, 0.29) is 11.9 Å². The van der Waals surface area contributed by atoms with Gasteiger partial charge in [0.1, 0.15) is 0 Å². The number of amides is 1. The van der Waals surface area contributed by atoms with Crippen LogP contribution in [0.2, 0.25) is 10.0 Å². The lowest BCUT2D eigenvalue weighted by Gasteiger charge is -2.28. The summed E-state index contributed by atoms with van der Waals surface area (Å²) in [5.41, 5.74) is 0.503. The summed E-state index contributed by atoms with van der Waals surface area (Å²) in [6.07, 6.45) is 5.78. The molecule has 2 rings (SSSR count). The highest BCUT2D eigenvalue weighted by Crippen LogP contribution is 2.27. The fourth-order valence-corrected chi connectivity index (χ4v) is 3.15. The van der Waals surface area contributed by atoms with Gasteiger partial charge in [0.15, 0.2) is 0 Å². The first-order valence-electron chi connectivity index (χ1n) is 6.86. The van der Waals surface area contributed by atoms with Crippen LogP contribution in [0.1, 0.15) is 49.4 Å². The summed E-state index contributed by atoms with van der Waals surface area (Å²) in [6, 6.07) is 5.25. The summed E-state index contributed by atoms with van der Waals surface area (Å²) in [5.74, 6) is 0.730. The molecule has 0 aromatic heterocycles. The van der Waals surface area contributed by atoms with Gasteiger partial charge in [-0.3, -0.25) is 4.79 Å². The molecule has 2 nitrogen and oxygen atoms in total. The Morgan fingerprint density at radius 1 is 1.26 bits per heavy atom. The lowest BCUT2D eigenvalue weighted by atomic mass is 9.84. The van der Waals surface area contributed by atoms with E-state index in [0.29, 0.717) is 15.6 Å². The third kappa shape index (κ3) is 3.87. The van der Waals surface area contributed by atoms with Gasteiger partial charge in [-0.05, 0) is 49.8 Å². The Kier molecular flexibility index (Phi) is 5.12. The minimum atomic E-state index is -0.0957. The van der Waals surface area contributed by atoms with Crippen LogP contribution in [-0.4, -0.2) is 11.9 Å². The van der Waals surface area contributed by atoms with Crippen molar-refractivity contribution in [2.75, 3.05) is 0 Å². The van der Waals surface area contributed by atoms with E-state index in [1.807, 2.05) is 0 Å². The first-order chi connectivity index (χ1) is 9.10. The maximum absolute atomic E-state index is 12.2. The van der Waals surface area contributed by atoms with Gasteiger partial charge >= 0.3 is 0 Å². The molecule has 1 aliphatic rings. The summed E-state index contributed by atoms with van der Waals surface area (Å²) < 4.78 is 0. The third-order valence-corrected chi connectivity index (χ3v) is 4.48. The molecule has 1 amide bonds. The van der Waals surface area contributed by atoms with Crippen molar-refractivity contribution in [3.05, 3.63) is 33.8 Å². The van der Waals surface area contributed by atoms with Crippen LogP contribution >= 0.6 is 23.2 Å². The zero-order valence-electron chi connectivity index (χ0n) is 11.1. The predicted molar refractivity (Wildman–Crippen MR) is 80.0 cm³/mol. The topological polar surface area (TPSA) is 29.1 Å². The van der Waals surface area contributed by atoms with Crippen molar-refractivity contribution in [3.63, 3.8) is 0 Å². The highest BCUT2D eigenvalue weighted by molar-refractivity contribution is 6.36. The van der Waals surface area contributed by atoms with Crippen molar-refractivity contribution >= 4 is 29.1 Å². The Balaban J connectivity index is 1.94. The quantitative estimate of drug-likeness (QED) is 0.862. The Hall–Kier alpha value is -0.730. The van der Waals surface area contributed by atoms with Crippen LogP contribution in [0.5, 0.6) is 0 Å². The van der Waals surface area contributed by atoms with E-state index in [0.717, 1.165) is 18.8 Å². The lowest BCUT2D eigenvalue weighted by Crippen LogP contribution is -2.37. The molecule has 0 spiro atoms. The van der Waals surface area contributed by atoms with E-state index in [2.05, 4.69) is 12.2 Å². The van der Waals surface area contributed by atoms with Gasteiger partial charge in [0.05, 0.1) is 10.6 Å². The number of nitrogens with one attached hydrogen (secondary N) is 1. The molecule has 1 aliphatic carbocycles. The van der Waals surface area contributed by atoms with Crippen molar-refractivity contribution in [2.24, 2.45) is 5.92 Å². The number of hydrogen-bond donors (Lipinski definition) is 1. The normalized spacial score (nSPS) is 23.1. The molecule has 0 saturated heterocycles. The summed E-state index contributed by atoms with van der Waals surface area (Å²) >= 11 is 11.9. The molecule has 0 unspecified atom stereocenters. The summed E-state index contributed by atoms with van der Waals surface area (Å²) in [7, 11) is 0. The van der Waals surface area contributed by atoms with Crippen molar-refractivity contribution in [1.29, 1.82) is 0 Å². The van der Waals surface area contributed by atoms with Crippen LogP contribution in [0.4, 0.5) is 0 Å². The van der Waals surface area contributed by atoms with Gasteiger partial charge in [-0.2, -0.15) is 0 Å². The fourth-order valence-electron chi connectivity index (χ4n) is 2.65. The molecule has 1 aromatic carbocycles. The van der Waals surface area contributed by atoms with Crippen molar-refractivity contribution in [3.8, 4) is 0 Å². The number of benzene rings is 1. The number of halogens is 2. The minimum Gasteiger partial charge on any atom is -0.349 e. The zero-order chi connectivity index (χ0) is 13.8. The second kappa shape index (κ2) is 6.62. The van der Waals surface area contributed by atoms with Gasteiger partial charge in [0, 0.05) is 11.1 Å². The Morgan fingerprint density at radius 3 is 2.53 bits per heavy atom. The number of carbonyl (C=O) groups is 1. The first-order valence-corrected chi connectivity index (χ1v) is 7.61. The second-order valence-electron chi connectivity index (χ2n) is 5.22. The van der Waals surface area contributed by atoms with E-state index >= 15 is 0 Å². The maximum atomic E-state index is 12.2. The molecular weight excluding hydrogens is 281 g/mol. The van der Waals surface area contributed by atoms with Crippen LogP contribution in [0.3, 0.4) is 0 Å². The van der Waals surface area contributed by atoms with E-state index < -0.39 is 0 Å². The minimum absolute atomic E-state index is 0.0957. The summed E-state index contributed by atoms with van der Waals surface area (Å²) in [5, 5.41) is 4.03. The predicted octanol–water partition coefficient (Wildman–Crippen LogP) is 4.69. The molecule has 104 valence electrons. The van der Waals surface area contributed by atoms with Crippen LogP contribution < -0.4 is 5.32 Å². The SMILES string of the molecule is CCC1CCC(NC(=O)c2ccc(Cl)cc2Cl)CC1. The molecule has 0 bridgehead atoms. The van der Waals surface area contributed by atoms with Gasteiger partial charge in [-0.25, -0.2) is 0 Å². The van der Waals surface area contributed by atoms with Crippen molar-refractivity contribution in [2.45, 2.75) is 45.1 Å². The Bertz CT molecular complexity index is 453. The number of carbonyl (C=O) groups excluding carboxylic acids is 1. The van der Waals surface area contributed by atoms with Crippen molar-refractivity contribution in [1.82, 2.24) is 5.32 Å². The molecule has 1 fully saturated rings. The molecule has 19 heavy (non-hydrogen) atoms. The molecule has 0 aliphatic heterocycles. The largest absolute Gasteiger partial charge is 0.349 e. The smallest absolute Gasteiger partial charge is 0.253 e. The van der Waals surface area contributed by atoms with E-state index in [4.69, 9.17) is 23.2 Å². The summed E-state index contributed by atoms with van der Waals surface area (Å²) in [6.45, 7) is 2.23. The molecule has 1 N–H and O–H groups in total. The third-order valence-electron chi connectivity index (χ3n) is 3.94.